The molecule has 0 aliphatic rings. The molecule has 0 aliphatic carbocycles. The number of rotatable bonds is 5. The lowest BCUT2D eigenvalue weighted by atomic mass is 10.0. The molecule has 1 N–H and O–H groups in total. The van der Waals surface area contributed by atoms with Gasteiger partial charge in [0.05, 0.1) is 0 Å². The molecule has 0 spiro atoms. The minimum atomic E-state index is -0.127. The molecule has 0 heterocycles. The van der Waals surface area contributed by atoms with Gasteiger partial charge in [0.15, 0.2) is 0 Å². The van der Waals surface area contributed by atoms with E-state index >= 15 is 0 Å². The SMILES string of the molecule is CC(Cc1ccccc1F)N[C@@H](C)c1ccc(Br)cc1. The second-order valence-electron chi connectivity index (χ2n) is 5.14. The third-order valence-electron chi connectivity index (χ3n) is 3.39. The van der Waals surface area contributed by atoms with Crippen molar-refractivity contribution in [2.24, 2.45) is 0 Å². The highest BCUT2D eigenvalue weighted by molar-refractivity contribution is 9.10. The molecular weight excluding hydrogens is 317 g/mol. The largest absolute Gasteiger partial charge is 0.307 e. The molecule has 2 atom stereocenters. The Hall–Kier alpha value is -1.19. The first-order chi connectivity index (χ1) is 9.56. The average Bonchev–Trinajstić information content (AvgIpc) is 2.42. The van der Waals surface area contributed by atoms with Gasteiger partial charge in [-0.15, -0.1) is 0 Å². The van der Waals surface area contributed by atoms with Gasteiger partial charge in [-0.25, -0.2) is 4.39 Å². The van der Waals surface area contributed by atoms with Gasteiger partial charge in [0.1, 0.15) is 5.82 Å². The maximum Gasteiger partial charge on any atom is 0.126 e. The van der Waals surface area contributed by atoms with Crippen molar-refractivity contribution in [1.29, 1.82) is 0 Å². The maximum atomic E-state index is 13.6. The minimum absolute atomic E-state index is 0.127. The quantitative estimate of drug-likeness (QED) is 0.821. The van der Waals surface area contributed by atoms with Crippen molar-refractivity contribution in [3.63, 3.8) is 0 Å². The normalized spacial score (nSPS) is 14.0. The van der Waals surface area contributed by atoms with E-state index in [1.54, 1.807) is 6.07 Å². The van der Waals surface area contributed by atoms with E-state index in [4.69, 9.17) is 0 Å². The molecular formula is C17H19BrFN. The van der Waals surface area contributed by atoms with Gasteiger partial charge in [-0.2, -0.15) is 0 Å². The maximum absolute atomic E-state index is 13.6. The Morgan fingerprint density at radius 3 is 2.35 bits per heavy atom. The lowest BCUT2D eigenvalue weighted by Crippen LogP contribution is -2.31. The fourth-order valence-electron chi connectivity index (χ4n) is 2.33. The topological polar surface area (TPSA) is 12.0 Å². The Labute approximate surface area is 128 Å². The molecule has 2 rings (SSSR count). The van der Waals surface area contributed by atoms with E-state index in [9.17, 15) is 4.39 Å². The lowest BCUT2D eigenvalue weighted by molar-refractivity contribution is 0.469. The summed E-state index contributed by atoms with van der Waals surface area (Å²) < 4.78 is 14.7. The van der Waals surface area contributed by atoms with Crippen LogP contribution in [-0.4, -0.2) is 6.04 Å². The molecule has 2 aromatic carbocycles. The van der Waals surface area contributed by atoms with Crippen molar-refractivity contribution in [3.8, 4) is 0 Å². The Bertz CT molecular complexity index is 553. The Kier molecular flexibility index (Phi) is 5.32. The van der Waals surface area contributed by atoms with E-state index < -0.39 is 0 Å². The first-order valence-electron chi connectivity index (χ1n) is 6.81. The number of hydrogen-bond donors (Lipinski definition) is 1. The summed E-state index contributed by atoms with van der Waals surface area (Å²) in [5.74, 6) is -0.127. The summed E-state index contributed by atoms with van der Waals surface area (Å²) >= 11 is 3.44. The second-order valence-corrected chi connectivity index (χ2v) is 6.05. The average molecular weight is 336 g/mol. The predicted molar refractivity (Wildman–Crippen MR) is 85.3 cm³/mol. The summed E-state index contributed by atoms with van der Waals surface area (Å²) in [6.45, 7) is 4.21. The minimum Gasteiger partial charge on any atom is -0.307 e. The zero-order chi connectivity index (χ0) is 14.5. The van der Waals surface area contributed by atoms with Crippen LogP contribution in [0.15, 0.2) is 53.0 Å². The van der Waals surface area contributed by atoms with Crippen LogP contribution in [0, 0.1) is 5.82 Å². The molecule has 0 bridgehead atoms. The molecule has 0 aromatic heterocycles. The van der Waals surface area contributed by atoms with Crippen molar-refractivity contribution < 1.29 is 4.39 Å². The van der Waals surface area contributed by atoms with E-state index in [1.807, 2.05) is 24.3 Å². The summed E-state index contributed by atoms with van der Waals surface area (Å²) in [6, 6.07) is 15.7. The van der Waals surface area contributed by atoms with E-state index in [2.05, 4.69) is 47.2 Å². The zero-order valence-electron chi connectivity index (χ0n) is 11.7. The third-order valence-corrected chi connectivity index (χ3v) is 3.92. The molecule has 0 saturated heterocycles. The summed E-state index contributed by atoms with van der Waals surface area (Å²) in [5, 5.41) is 3.51. The Morgan fingerprint density at radius 1 is 1.05 bits per heavy atom. The van der Waals surface area contributed by atoms with Crippen LogP contribution in [0.4, 0.5) is 4.39 Å². The standard InChI is InChI=1S/C17H19BrFN/c1-12(11-15-5-3-4-6-17(15)19)20-13(2)14-7-9-16(18)10-8-14/h3-10,12-13,20H,11H2,1-2H3/t12?,13-/m0/s1. The van der Waals surface area contributed by atoms with Gasteiger partial charge in [0, 0.05) is 16.6 Å². The molecule has 106 valence electrons. The van der Waals surface area contributed by atoms with Gasteiger partial charge < -0.3 is 5.32 Å². The van der Waals surface area contributed by atoms with Crippen LogP contribution in [0.25, 0.3) is 0 Å². The highest BCUT2D eigenvalue weighted by Crippen LogP contribution is 2.18. The molecule has 0 saturated carbocycles. The number of hydrogen-bond acceptors (Lipinski definition) is 1. The summed E-state index contributed by atoms with van der Waals surface area (Å²) in [7, 11) is 0. The van der Waals surface area contributed by atoms with E-state index in [0.717, 1.165) is 10.0 Å². The van der Waals surface area contributed by atoms with Gasteiger partial charge >= 0.3 is 0 Å². The molecule has 20 heavy (non-hydrogen) atoms. The molecule has 0 fully saturated rings. The van der Waals surface area contributed by atoms with Crippen molar-refractivity contribution >= 4 is 15.9 Å². The van der Waals surface area contributed by atoms with Crippen molar-refractivity contribution in [3.05, 3.63) is 69.9 Å². The van der Waals surface area contributed by atoms with Gasteiger partial charge in [-0.3, -0.25) is 0 Å². The molecule has 0 amide bonds. The first kappa shape index (κ1) is 15.2. The van der Waals surface area contributed by atoms with Crippen molar-refractivity contribution in [2.75, 3.05) is 0 Å². The van der Waals surface area contributed by atoms with E-state index in [-0.39, 0.29) is 17.9 Å². The number of halogens is 2. The van der Waals surface area contributed by atoms with Crippen LogP contribution >= 0.6 is 15.9 Å². The van der Waals surface area contributed by atoms with Gasteiger partial charge in [-0.05, 0) is 49.6 Å². The predicted octanol–water partition coefficient (Wildman–Crippen LogP) is 4.87. The Balaban J connectivity index is 1.96. The van der Waals surface area contributed by atoms with E-state index in [1.165, 1.54) is 11.6 Å². The first-order valence-corrected chi connectivity index (χ1v) is 7.60. The summed E-state index contributed by atoms with van der Waals surface area (Å²) in [4.78, 5) is 0. The van der Waals surface area contributed by atoms with Crippen LogP contribution in [0.1, 0.15) is 31.0 Å². The summed E-state index contributed by atoms with van der Waals surface area (Å²) in [5.41, 5.74) is 1.99. The fourth-order valence-corrected chi connectivity index (χ4v) is 2.59. The zero-order valence-corrected chi connectivity index (χ0v) is 13.3. The second kappa shape index (κ2) is 7.00. The monoisotopic (exact) mass is 335 g/mol. The van der Waals surface area contributed by atoms with Crippen molar-refractivity contribution in [1.82, 2.24) is 5.32 Å². The van der Waals surface area contributed by atoms with Gasteiger partial charge in [-0.1, -0.05) is 46.3 Å². The number of benzene rings is 2. The van der Waals surface area contributed by atoms with Crippen LogP contribution in [0.3, 0.4) is 0 Å². The Morgan fingerprint density at radius 2 is 1.70 bits per heavy atom. The van der Waals surface area contributed by atoms with Gasteiger partial charge in [0.25, 0.3) is 0 Å². The molecule has 0 radical (unpaired) electrons. The van der Waals surface area contributed by atoms with Crippen LogP contribution in [0.2, 0.25) is 0 Å². The highest BCUT2D eigenvalue weighted by atomic mass is 79.9. The molecule has 3 heteroatoms. The molecule has 0 aliphatic heterocycles. The van der Waals surface area contributed by atoms with E-state index in [0.29, 0.717) is 6.42 Å². The lowest BCUT2D eigenvalue weighted by Gasteiger charge is -2.20. The smallest absolute Gasteiger partial charge is 0.126 e. The number of nitrogens with one attached hydrogen (secondary N) is 1. The van der Waals surface area contributed by atoms with Crippen molar-refractivity contribution in [2.45, 2.75) is 32.4 Å². The highest BCUT2D eigenvalue weighted by Gasteiger charge is 2.11. The van der Waals surface area contributed by atoms with Crippen LogP contribution < -0.4 is 5.32 Å². The molecule has 1 unspecified atom stereocenters. The van der Waals surface area contributed by atoms with Crippen LogP contribution in [-0.2, 0) is 6.42 Å². The summed E-state index contributed by atoms with van der Waals surface area (Å²) in [6.07, 6.45) is 0.688. The van der Waals surface area contributed by atoms with Gasteiger partial charge in [0.2, 0.25) is 0 Å². The third kappa shape index (κ3) is 4.15. The van der Waals surface area contributed by atoms with Crippen LogP contribution in [0.5, 0.6) is 0 Å². The fraction of sp³-hybridized carbons (Fsp3) is 0.294. The molecule has 1 nitrogen and oxygen atoms in total. The molecule has 2 aromatic rings.